The van der Waals surface area contributed by atoms with Gasteiger partial charge in [-0.25, -0.2) is 9.59 Å². The Morgan fingerprint density at radius 2 is 1.36 bits per heavy atom. The van der Waals surface area contributed by atoms with E-state index in [4.69, 9.17) is 9.47 Å². The first kappa shape index (κ1) is 39.5. The molecule has 0 heterocycles. The zero-order valence-electron chi connectivity index (χ0n) is 32.4. The monoisotopic (exact) mass is 754 g/mol. The molecule has 10 heteroatoms. The Labute approximate surface area is 328 Å². The van der Waals surface area contributed by atoms with Gasteiger partial charge in [0.05, 0.1) is 0 Å². The van der Waals surface area contributed by atoms with E-state index in [-0.39, 0.29) is 44.4 Å². The number of alkyl carbamates (subject to hydrolysis) is 2. The van der Waals surface area contributed by atoms with E-state index in [1.807, 2.05) is 97.1 Å². The smallest absolute Gasteiger partial charge is 0.408 e. The van der Waals surface area contributed by atoms with Crippen LogP contribution in [0.1, 0.15) is 61.8 Å². The second-order valence-electron chi connectivity index (χ2n) is 15.1. The van der Waals surface area contributed by atoms with Crippen LogP contribution in [0.3, 0.4) is 0 Å². The minimum Gasteiger partial charge on any atom is -0.449 e. The molecule has 0 aromatic heterocycles. The molecule has 3 N–H and O–H groups in total. The van der Waals surface area contributed by atoms with Gasteiger partial charge in [-0.05, 0) is 77.8 Å². The van der Waals surface area contributed by atoms with Crippen molar-refractivity contribution in [3.63, 3.8) is 0 Å². The SMILES string of the molecule is CN(C(=O)[C@H](Cc1cccc2ccccc12)NC(=O)OC(C)(C)C)[C@@H](CCCNC(=O)OCC1c2ccccc2-c2ccccc21)C(=O)NCc1ccccc1. The average Bonchev–Trinajstić information content (AvgIpc) is 3.51. The Morgan fingerprint density at radius 1 is 0.732 bits per heavy atom. The first-order valence-corrected chi connectivity index (χ1v) is 19.1. The largest absolute Gasteiger partial charge is 0.449 e. The second kappa shape index (κ2) is 18.0. The van der Waals surface area contributed by atoms with Gasteiger partial charge in [0.25, 0.3) is 0 Å². The highest BCUT2D eigenvalue weighted by atomic mass is 16.6. The van der Waals surface area contributed by atoms with E-state index in [0.717, 1.165) is 44.2 Å². The Hall–Kier alpha value is -6.16. The van der Waals surface area contributed by atoms with Crippen molar-refractivity contribution in [1.29, 1.82) is 0 Å². The van der Waals surface area contributed by atoms with Crippen LogP contribution in [0, 0.1) is 0 Å². The summed E-state index contributed by atoms with van der Waals surface area (Å²) in [5.74, 6) is -0.873. The molecular weight excluding hydrogens is 705 g/mol. The first-order valence-electron chi connectivity index (χ1n) is 19.1. The summed E-state index contributed by atoms with van der Waals surface area (Å²) in [6, 6.07) is 37.5. The van der Waals surface area contributed by atoms with Crippen LogP contribution in [0.5, 0.6) is 0 Å². The Kier molecular flexibility index (Phi) is 12.7. The predicted molar refractivity (Wildman–Crippen MR) is 218 cm³/mol. The number of carbonyl (C=O) groups excluding carboxylic acids is 4. The summed E-state index contributed by atoms with van der Waals surface area (Å²) in [7, 11) is 1.57. The van der Waals surface area contributed by atoms with Crippen LogP contribution in [0.2, 0.25) is 0 Å². The Balaban J connectivity index is 1.13. The maximum absolute atomic E-state index is 14.4. The minimum absolute atomic E-state index is 0.0680. The number of benzene rings is 5. The quantitative estimate of drug-likeness (QED) is 0.0997. The van der Waals surface area contributed by atoms with E-state index >= 15 is 0 Å². The number of amides is 4. The summed E-state index contributed by atoms with van der Waals surface area (Å²) in [4.78, 5) is 55.7. The van der Waals surface area contributed by atoms with Gasteiger partial charge in [0.1, 0.15) is 24.3 Å². The number of likely N-dealkylation sites (N-methyl/N-ethyl adjacent to an activating group) is 1. The zero-order chi connectivity index (χ0) is 39.7. The number of nitrogens with zero attached hydrogens (tertiary/aromatic N) is 1. The molecule has 4 amide bonds. The molecule has 5 aromatic carbocycles. The number of hydrogen-bond acceptors (Lipinski definition) is 6. The molecular formula is C46H50N4O6. The molecule has 1 aliphatic rings. The Bertz CT molecular complexity index is 2110. The molecule has 0 radical (unpaired) electrons. The molecule has 2 atom stereocenters. The van der Waals surface area contributed by atoms with Gasteiger partial charge in [0.15, 0.2) is 0 Å². The minimum atomic E-state index is -1.04. The standard InChI is InChI=1S/C46H50N4O6/c1-46(2,3)56-45(54)49-40(28-33-20-14-19-32-18-8-9-21-34(32)33)43(52)50(4)41(42(51)48-29-31-16-6-5-7-17-31)26-15-27-47-44(53)55-30-39-37-24-12-10-22-35(37)36-23-11-13-25-38(36)39/h5-14,16-25,39-41H,15,26-30H2,1-4H3,(H,47,53)(H,48,51)(H,49,54)/t40-,41-/m0/s1. The van der Waals surface area contributed by atoms with Gasteiger partial charge >= 0.3 is 12.2 Å². The fourth-order valence-corrected chi connectivity index (χ4v) is 7.28. The number of carbonyl (C=O) groups is 4. The van der Waals surface area contributed by atoms with Crippen molar-refractivity contribution in [3.05, 3.63) is 144 Å². The van der Waals surface area contributed by atoms with Crippen molar-refractivity contribution < 1.29 is 28.7 Å². The van der Waals surface area contributed by atoms with Crippen LogP contribution < -0.4 is 16.0 Å². The fourth-order valence-electron chi connectivity index (χ4n) is 7.28. The van der Waals surface area contributed by atoms with E-state index in [9.17, 15) is 19.2 Å². The number of hydrogen-bond donors (Lipinski definition) is 3. The molecule has 0 aliphatic heterocycles. The molecule has 0 fully saturated rings. The average molecular weight is 755 g/mol. The summed E-state index contributed by atoms with van der Waals surface area (Å²) in [5.41, 5.74) is 5.52. The lowest BCUT2D eigenvalue weighted by Crippen LogP contribution is -2.55. The van der Waals surface area contributed by atoms with E-state index in [2.05, 4.69) is 40.2 Å². The molecule has 5 aromatic rings. The van der Waals surface area contributed by atoms with Gasteiger partial charge in [-0.2, -0.15) is 0 Å². The summed E-state index contributed by atoms with van der Waals surface area (Å²) >= 11 is 0. The summed E-state index contributed by atoms with van der Waals surface area (Å²) < 4.78 is 11.3. The van der Waals surface area contributed by atoms with Crippen molar-refractivity contribution in [1.82, 2.24) is 20.9 Å². The fraction of sp³-hybridized carbons (Fsp3) is 0.304. The molecule has 0 unspecified atom stereocenters. The van der Waals surface area contributed by atoms with E-state index < -0.39 is 35.8 Å². The van der Waals surface area contributed by atoms with Gasteiger partial charge in [-0.1, -0.05) is 121 Å². The van der Waals surface area contributed by atoms with Gasteiger partial charge in [-0.3, -0.25) is 9.59 Å². The lowest BCUT2D eigenvalue weighted by molar-refractivity contribution is -0.140. The molecule has 0 saturated heterocycles. The van der Waals surface area contributed by atoms with Gasteiger partial charge < -0.3 is 30.3 Å². The number of ether oxygens (including phenoxy) is 2. The summed E-state index contributed by atoms with van der Waals surface area (Å²) in [5, 5.41) is 10.6. The van der Waals surface area contributed by atoms with E-state index in [0.29, 0.717) is 6.42 Å². The van der Waals surface area contributed by atoms with Crippen LogP contribution >= 0.6 is 0 Å². The van der Waals surface area contributed by atoms with Crippen LogP contribution in [0.4, 0.5) is 9.59 Å². The van der Waals surface area contributed by atoms with Crippen LogP contribution in [0.25, 0.3) is 21.9 Å². The summed E-state index contributed by atoms with van der Waals surface area (Å²) in [6.45, 7) is 5.94. The maximum Gasteiger partial charge on any atom is 0.408 e. The van der Waals surface area contributed by atoms with E-state index in [1.54, 1.807) is 27.8 Å². The molecule has 56 heavy (non-hydrogen) atoms. The Morgan fingerprint density at radius 3 is 2.05 bits per heavy atom. The highest BCUT2D eigenvalue weighted by Crippen LogP contribution is 2.44. The topological polar surface area (TPSA) is 126 Å². The summed E-state index contributed by atoms with van der Waals surface area (Å²) in [6.07, 6.45) is -0.510. The number of rotatable bonds is 14. The zero-order valence-corrected chi connectivity index (χ0v) is 32.4. The molecule has 0 saturated carbocycles. The maximum atomic E-state index is 14.4. The molecule has 0 bridgehead atoms. The third-order valence-electron chi connectivity index (χ3n) is 9.99. The predicted octanol–water partition coefficient (Wildman–Crippen LogP) is 7.74. The first-order chi connectivity index (χ1) is 27.0. The lowest BCUT2D eigenvalue weighted by Gasteiger charge is -2.31. The second-order valence-corrected chi connectivity index (χ2v) is 15.1. The third kappa shape index (κ3) is 9.92. The van der Waals surface area contributed by atoms with Gasteiger partial charge in [0.2, 0.25) is 11.8 Å². The highest BCUT2D eigenvalue weighted by molar-refractivity contribution is 5.92. The van der Waals surface area contributed by atoms with Crippen molar-refractivity contribution in [2.45, 2.75) is 70.2 Å². The lowest BCUT2D eigenvalue weighted by atomic mass is 9.97. The van der Waals surface area contributed by atoms with Crippen LogP contribution in [-0.2, 0) is 32.0 Å². The van der Waals surface area contributed by atoms with Crippen LogP contribution in [-0.4, -0.2) is 66.8 Å². The molecule has 10 nitrogen and oxygen atoms in total. The molecule has 0 spiro atoms. The van der Waals surface area contributed by atoms with Crippen molar-refractivity contribution >= 4 is 34.8 Å². The molecule has 1 aliphatic carbocycles. The number of fused-ring (bicyclic) bond motifs is 4. The molecule has 6 rings (SSSR count). The normalized spacial score (nSPS) is 13.1. The molecule has 290 valence electrons. The van der Waals surface area contributed by atoms with E-state index in [1.165, 1.54) is 4.90 Å². The van der Waals surface area contributed by atoms with Crippen molar-refractivity contribution in [2.24, 2.45) is 0 Å². The van der Waals surface area contributed by atoms with Gasteiger partial charge in [-0.15, -0.1) is 0 Å². The van der Waals surface area contributed by atoms with Crippen molar-refractivity contribution in [3.8, 4) is 11.1 Å². The third-order valence-corrected chi connectivity index (χ3v) is 9.99. The van der Waals surface area contributed by atoms with Crippen LogP contribution in [0.15, 0.2) is 121 Å². The highest BCUT2D eigenvalue weighted by Gasteiger charge is 2.34. The van der Waals surface area contributed by atoms with Gasteiger partial charge in [0, 0.05) is 32.5 Å². The number of nitrogens with one attached hydrogen (secondary N) is 3. The van der Waals surface area contributed by atoms with Crippen molar-refractivity contribution in [2.75, 3.05) is 20.2 Å².